The summed E-state index contributed by atoms with van der Waals surface area (Å²) in [6.45, 7) is 2.52. The molecule has 0 aliphatic heterocycles. The number of nitrogens with one attached hydrogen (secondary N) is 1. The van der Waals surface area contributed by atoms with E-state index in [0.717, 1.165) is 40.7 Å². The summed E-state index contributed by atoms with van der Waals surface area (Å²) in [5.41, 5.74) is 6.35. The topological polar surface area (TPSA) is 87.4 Å². The molecule has 1 heterocycles. The molecular formula is C32H29ClFN3O3. The number of hydrogen-bond acceptors (Lipinski definition) is 6. The van der Waals surface area contributed by atoms with Crippen molar-refractivity contribution < 1.29 is 19.0 Å². The molecule has 3 aromatic carbocycles. The first-order valence-electron chi connectivity index (χ1n) is 13.1. The fourth-order valence-corrected chi connectivity index (χ4v) is 5.10. The number of pyridine rings is 1. The SMILES string of the molecule is C[C@H](CO)NCc1cc(Cl)c(O[C@H]2CCc3c(-c4ccc(F)cc4)cccc32)cc1OCc1cncc(C#N)c1. The third kappa shape index (κ3) is 6.26. The Morgan fingerprint density at radius 1 is 1.15 bits per heavy atom. The Hall–Kier alpha value is -3.96. The van der Waals surface area contributed by atoms with E-state index in [1.807, 2.05) is 19.1 Å². The second kappa shape index (κ2) is 12.5. The van der Waals surface area contributed by atoms with Crippen LogP contribution in [0.1, 0.15) is 47.3 Å². The third-order valence-electron chi connectivity index (χ3n) is 6.99. The van der Waals surface area contributed by atoms with E-state index >= 15 is 0 Å². The third-order valence-corrected chi connectivity index (χ3v) is 7.28. The molecule has 0 radical (unpaired) electrons. The summed E-state index contributed by atoms with van der Waals surface area (Å²) in [4.78, 5) is 4.11. The van der Waals surface area contributed by atoms with Crippen molar-refractivity contribution in [1.82, 2.24) is 10.3 Å². The molecule has 1 aliphatic rings. The zero-order chi connectivity index (χ0) is 28.1. The maximum atomic E-state index is 13.5. The second-order valence-electron chi connectivity index (χ2n) is 9.86. The minimum Gasteiger partial charge on any atom is -0.488 e. The molecule has 2 N–H and O–H groups in total. The first-order chi connectivity index (χ1) is 19.4. The van der Waals surface area contributed by atoms with Crippen molar-refractivity contribution in [2.24, 2.45) is 0 Å². The van der Waals surface area contributed by atoms with E-state index in [0.29, 0.717) is 28.6 Å². The molecule has 0 saturated carbocycles. The van der Waals surface area contributed by atoms with Crippen LogP contribution in [0.25, 0.3) is 11.1 Å². The maximum absolute atomic E-state index is 13.5. The highest BCUT2D eigenvalue weighted by Gasteiger charge is 2.27. The predicted molar refractivity (Wildman–Crippen MR) is 152 cm³/mol. The smallest absolute Gasteiger partial charge is 0.142 e. The number of benzene rings is 3. The van der Waals surface area contributed by atoms with Gasteiger partial charge in [-0.3, -0.25) is 4.98 Å². The Kier molecular flexibility index (Phi) is 8.61. The predicted octanol–water partition coefficient (Wildman–Crippen LogP) is 6.53. The van der Waals surface area contributed by atoms with Crippen LogP contribution in [0.5, 0.6) is 11.5 Å². The summed E-state index contributed by atoms with van der Waals surface area (Å²) < 4.78 is 26.2. The first-order valence-corrected chi connectivity index (χ1v) is 13.5. The van der Waals surface area contributed by atoms with Crippen molar-refractivity contribution in [2.75, 3.05) is 6.61 Å². The molecule has 6 nitrogen and oxygen atoms in total. The van der Waals surface area contributed by atoms with Crippen molar-refractivity contribution in [3.8, 4) is 28.7 Å². The highest BCUT2D eigenvalue weighted by molar-refractivity contribution is 6.32. The highest BCUT2D eigenvalue weighted by atomic mass is 35.5. The zero-order valence-corrected chi connectivity index (χ0v) is 22.8. The van der Waals surface area contributed by atoms with Gasteiger partial charge in [0.15, 0.2) is 0 Å². The number of fused-ring (bicyclic) bond motifs is 1. The second-order valence-corrected chi connectivity index (χ2v) is 10.3. The van der Waals surface area contributed by atoms with Gasteiger partial charge in [0.05, 0.1) is 17.2 Å². The van der Waals surface area contributed by atoms with E-state index < -0.39 is 0 Å². The normalized spacial score (nSPS) is 14.8. The lowest BCUT2D eigenvalue weighted by Crippen LogP contribution is -2.28. The van der Waals surface area contributed by atoms with Gasteiger partial charge in [0.25, 0.3) is 0 Å². The van der Waals surface area contributed by atoms with E-state index in [1.54, 1.807) is 30.5 Å². The lowest BCUT2D eigenvalue weighted by Gasteiger charge is -2.20. The Morgan fingerprint density at radius 2 is 1.98 bits per heavy atom. The molecule has 0 amide bonds. The number of rotatable bonds is 10. The van der Waals surface area contributed by atoms with Gasteiger partial charge in [-0.15, -0.1) is 0 Å². The Morgan fingerprint density at radius 3 is 2.75 bits per heavy atom. The Balaban J connectivity index is 1.41. The molecule has 5 rings (SSSR count). The Bertz CT molecular complexity index is 1540. The van der Waals surface area contributed by atoms with Crippen LogP contribution in [0.2, 0.25) is 5.02 Å². The minimum atomic E-state index is -0.260. The standard InChI is InChI=1S/C32H29ClFN3O3/c1-20(18-38)37-17-24-12-29(33)32(13-31(24)39-19-22-11-21(14-35)15-36-16-22)40-30-10-9-27-26(3-2-4-28(27)30)23-5-7-25(34)8-6-23/h2-8,11-13,15-16,20,30,37-38H,9-10,17-19H2,1H3/t20-,30+/m1/s1. The molecule has 0 spiro atoms. The first kappa shape index (κ1) is 27.6. The van der Waals surface area contributed by atoms with Crippen molar-refractivity contribution in [1.29, 1.82) is 5.26 Å². The zero-order valence-electron chi connectivity index (χ0n) is 22.0. The van der Waals surface area contributed by atoms with Crippen LogP contribution in [0.15, 0.2) is 73.1 Å². The number of nitriles is 1. The number of aliphatic hydroxyl groups is 1. The number of aliphatic hydroxyl groups excluding tert-OH is 1. The van der Waals surface area contributed by atoms with Crippen LogP contribution in [-0.2, 0) is 19.6 Å². The van der Waals surface area contributed by atoms with Crippen molar-refractivity contribution >= 4 is 11.6 Å². The van der Waals surface area contributed by atoms with Gasteiger partial charge < -0.3 is 19.9 Å². The van der Waals surface area contributed by atoms with E-state index in [9.17, 15) is 14.8 Å². The highest BCUT2D eigenvalue weighted by Crippen LogP contribution is 2.43. The molecule has 1 aromatic heterocycles. The average molecular weight is 558 g/mol. The molecular weight excluding hydrogens is 529 g/mol. The summed E-state index contributed by atoms with van der Waals surface area (Å²) in [5.74, 6) is 0.825. The van der Waals surface area contributed by atoms with E-state index in [-0.39, 0.29) is 31.2 Å². The van der Waals surface area contributed by atoms with Gasteiger partial charge in [0.1, 0.15) is 36.1 Å². The Labute approximate surface area is 238 Å². The molecule has 0 fully saturated rings. The summed E-state index contributed by atoms with van der Waals surface area (Å²) in [5, 5.41) is 22.3. The number of hydrogen-bond donors (Lipinski definition) is 2. The summed E-state index contributed by atoms with van der Waals surface area (Å²) in [6, 6.07) is 20.0. The number of nitrogens with zero attached hydrogens (tertiary/aromatic N) is 2. The molecule has 2 atom stereocenters. The van der Waals surface area contributed by atoms with Crippen LogP contribution in [0, 0.1) is 17.1 Å². The average Bonchev–Trinajstić information content (AvgIpc) is 3.39. The molecule has 4 aromatic rings. The quantitative estimate of drug-likeness (QED) is 0.230. The number of aromatic nitrogens is 1. The van der Waals surface area contributed by atoms with Crippen molar-refractivity contribution in [2.45, 2.75) is 45.1 Å². The molecule has 40 heavy (non-hydrogen) atoms. The summed E-state index contributed by atoms with van der Waals surface area (Å²) in [7, 11) is 0. The van der Waals surface area contributed by atoms with Gasteiger partial charge in [-0.2, -0.15) is 5.26 Å². The van der Waals surface area contributed by atoms with Crippen LogP contribution in [0.4, 0.5) is 4.39 Å². The van der Waals surface area contributed by atoms with Crippen LogP contribution >= 0.6 is 11.6 Å². The van der Waals surface area contributed by atoms with Crippen molar-refractivity contribution in [3.05, 3.63) is 112 Å². The maximum Gasteiger partial charge on any atom is 0.142 e. The largest absolute Gasteiger partial charge is 0.488 e. The molecule has 0 unspecified atom stereocenters. The van der Waals surface area contributed by atoms with Gasteiger partial charge in [0, 0.05) is 42.2 Å². The van der Waals surface area contributed by atoms with Crippen LogP contribution in [0.3, 0.4) is 0 Å². The van der Waals surface area contributed by atoms with Gasteiger partial charge in [-0.25, -0.2) is 4.39 Å². The van der Waals surface area contributed by atoms with Crippen LogP contribution in [-0.4, -0.2) is 22.7 Å². The summed E-state index contributed by atoms with van der Waals surface area (Å²) >= 11 is 6.72. The molecule has 204 valence electrons. The minimum absolute atomic E-state index is 0.00125. The fraction of sp³-hybridized carbons (Fsp3) is 0.250. The van der Waals surface area contributed by atoms with Gasteiger partial charge in [0.2, 0.25) is 0 Å². The van der Waals surface area contributed by atoms with Gasteiger partial charge in [-0.05, 0) is 66.3 Å². The number of ether oxygens (including phenoxy) is 2. The lowest BCUT2D eigenvalue weighted by molar-refractivity contribution is 0.205. The van der Waals surface area contributed by atoms with Gasteiger partial charge >= 0.3 is 0 Å². The summed E-state index contributed by atoms with van der Waals surface area (Å²) in [6.07, 6.45) is 4.58. The van der Waals surface area contributed by atoms with E-state index in [2.05, 4.69) is 28.5 Å². The molecule has 1 aliphatic carbocycles. The molecule has 8 heteroatoms. The monoisotopic (exact) mass is 557 g/mol. The molecule has 0 saturated heterocycles. The van der Waals surface area contributed by atoms with E-state index in [4.69, 9.17) is 21.1 Å². The fourth-order valence-electron chi connectivity index (χ4n) is 4.87. The molecule has 0 bridgehead atoms. The van der Waals surface area contributed by atoms with Crippen LogP contribution < -0.4 is 14.8 Å². The van der Waals surface area contributed by atoms with Gasteiger partial charge in [-0.1, -0.05) is 41.9 Å². The number of halogens is 2. The lowest BCUT2D eigenvalue weighted by atomic mass is 9.97. The van der Waals surface area contributed by atoms with Crippen molar-refractivity contribution in [3.63, 3.8) is 0 Å². The van der Waals surface area contributed by atoms with E-state index in [1.165, 1.54) is 23.9 Å².